The second-order valence-corrected chi connectivity index (χ2v) is 6.84. The maximum atomic E-state index is 12.7. The third-order valence-corrected chi connectivity index (χ3v) is 5.13. The smallest absolute Gasteiger partial charge is 0.225 e. The first kappa shape index (κ1) is 15.4. The highest BCUT2D eigenvalue weighted by molar-refractivity contribution is 5.79. The lowest BCUT2D eigenvalue weighted by Crippen LogP contribution is -2.43. The predicted octanol–water partition coefficient (Wildman–Crippen LogP) is 3.61. The average molecular weight is 300 g/mol. The van der Waals surface area contributed by atoms with Gasteiger partial charge in [-0.3, -0.25) is 4.79 Å². The lowest BCUT2D eigenvalue weighted by molar-refractivity contribution is -0.136. The highest BCUT2D eigenvalue weighted by Gasteiger charge is 2.28. The van der Waals surface area contributed by atoms with Crippen LogP contribution in [-0.4, -0.2) is 37.0 Å². The Bertz CT molecular complexity index is 498. The van der Waals surface area contributed by atoms with Crippen molar-refractivity contribution in [3.8, 4) is 0 Å². The molecule has 0 atom stereocenters. The molecule has 0 N–H and O–H groups in total. The summed E-state index contributed by atoms with van der Waals surface area (Å²) in [6.45, 7) is 6.12. The molecule has 2 aliphatic heterocycles. The molecule has 2 fully saturated rings. The van der Waals surface area contributed by atoms with Gasteiger partial charge in [0.2, 0.25) is 5.91 Å². The van der Waals surface area contributed by atoms with E-state index in [-0.39, 0.29) is 5.92 Å². The molecule has 22 heavy (non-hydrogen) atoms. The summed E-state index contributed by atoms with van der Waals surface area (Å²) in [5, 5.41) is 0. The second-order valence-electron chi connectivity index (χ2n) is 6.84. The molecule has 1 aromatic carbocycles. The fraction of sp³-hybridized carbons (Fsp3) is 0.632. The van der Waals surface area contributed by atoms with Crippen LogP contribution in [0, 0.1) is 12.8 Å². The first-order valence-corrected chi connectivity index (χ1v) is 8.84. The van der Waals surface area contributed by atoms with Crippen LogP contribution in [0.4, 0.5) is 5.69 Å². The SMILES string of the molecule is Cc1cccc(N2CCC(C(=O)N3CCCCCC3)CC2)c1. The van der Waals surface area contributed by atoms with Gasteiger partial charge in [-0.2, -0.15) is 0 Å². The number of hydrogen-bond acceptors (Lipinski definition) is 2. The van der Waals surface area contributed by atoms with Crippen LogP contribution in [0.5, 0.6) is 0 Å². The predicted molar refractivity (Wildman–Crippen MR) is 91.2 cm³/mol. The van der Waals surface area contributed by atoms with E-state index >= 15 is 0 Å². The third-order valence-electron chi connectivity index (χ3n) is 5.13. The molecule has 3 rings (SSSR count). The molecule has 3 heteroatoms. The van der Waals surface area contributed by atoms with Gasteiger partial charge in [0.05, 0.1) is 0 Å². The van der Waals surface area contributed by atoms with Crippen LogP contribution in [0.25, 0.3) is 0 Å². The highest BCUT2D eigenvalue weighted by atomic mass is 16.2. The number of rotatable bonds is 2. The lowest BCUT2D eigenvalue weighted by atomic mass is 9.94. The van der Waals surface area contributed by atoms with Crippen molar-refractivity contribution >= 4 is 11.6 Å². The van der Waals surface area contributed by atoms with Crippen LogP contribution in [0.15, 0.2) is 24.3 Å². The lowest BCUT2D eigenvalue weighted by Gasteiger charge is -2.35. The summed E-state index contributed by atoms with van der Waals surface area (Å²) in [6, 6.07) is 8.69. The molecule has 120 valence electrons. The fourth-order valence-electron chi connectivity index (χ4n) is 3.76. The van der Waals surface area contributed by atoms with E-state index in [0.717, 1.165) is 39.0 Å². The zero-order valence-electron chi connectivity index (χ0n) is 13.8. The number of amides is 1. The van der Waals surface area contributed by atoms with Crippen molar-refractivity contribution in [1.29, 1.82) is 0 Å². The molecule has 1 amide bonds. The Morgan fingerprint density at radius 2 is 1.68 bits per heavy atom. The number of benzene rings is 1. The van der Waals surface area contributed by atoms with E-state index in [9.17, 15) is 4.79 Å². The van der Waals surface area contributed by atoms with Crippen LogP contribution < -0.4 is 4.90 Å². The number of carbonyl (C=O) groups excluding carboxylic acids is 1. The van der Waals surface area contributed by atoms with Gasteiger partial charge in [-0.05, 0) is 50.3 Å². The average Bonchev–Trinajstić information content (AvgIpc) is 2.84. The minimum absolute atomic E-state index is 0.249. The minimum Gasteiger partial charge on any atom is -0.371 e. The Kier molecular flexibility index (Phi) is 5.01. The number of nitrogens with zero attached hydrogens (tertiary/aromatic N) is 2. The van der Waals surface area contributed by atoms with Crippen molar-refractivity contribution in [3.05, 3.63) is 29.8 Å². The Morgan fingerprint density at radius 3 is 2.32 bits per heavy atom. The molecule has 1 aromatic rings. The molecule has 0 saturated carbocycles. The quantitative estimate of drug-likeness (QED) is 0.833. The molecule has 3 nitrogen and oxygen atoms in total. The summed E-state index contributed by atoms with van der Waals surface area (Å²) in [5.41, 5.74) is 2.61. The number of likely N-dealkylation sites (tertiary alicyclic amines) is 1. The molecule has 2 aliphatic rings. The summed E-state index contributed by atoms with van der Waals surface area (Å²) in [4.78, 5) is 17.3. The number of anilines is 1. The van der Waals surface area contributed by atoms with Crippen molar-refractivity contribution in [3.63, 3.8) is 0 Å². The highest BCUT2D eigenvalue weighted by Crippen LogP contribution is 2.26. The maximum absolute atomic E-state index is 12.7. The molecule has 0 unspecified atom stereocenters. The van der Waals surface area contributed by atoms with Crippen molar-refractivity contribution in [2.75, 3.05) is 31.1 Å². The van der Waals surface area contributed by atoms with Gasteiger partial charge in [0.15, 0.2) is 0 Å². The van der Waals surface area contributed by atoms with Crippen LogP contribution in [-0.2, 0) is 4.79 Å². The minimum atomic E-state index is 0.249. The molecule has 0 aliphatic carbocycles. The van der Waals surface area contributed by atoms with Gasteiger partial charge in [0.25, 0.3) is 0 Å². The summed E-state index contributed by atoms with van der Waals surface area (Å²) in [7, 11) is 0. The summed E-state index contributed by atoms with van der Waals surface area (Å²) in [6.07, 6.45) is 6.96. The number of piperidine rings is 1. The fourth-order valence-corrected chi connectivity index (χ4v) is 3.76. The second kappa shape index (κ2) is 7.17. The van der Waals surface area contributed by atoms with E-state index in [2.05, 4.69) is 41.0 Å². The molecule has 0 aromatic heterocycles. The van der Waals surface area contributed by atoms with Crippen LogP contribution in [0.3, 0.4) is 0 Å². The Labute approximate surface area is 134 Å². The Morgan fingerprint density at radius 1 is 1.00 bits per heavy atom. The zero-order chi connectivity index (χ0) is 15.4. The first-order valence-electron chi connectivity index (χ1n) is 8.84. The topological polar surface area (TPSA) is 23.6 Å². The van der Waals surface area contributed by atoms with Crippen molar-refractivity contribution in [2.24, 2.45) is 5.92 Å². The number of hydrogen-bond donors (Lipinski definition) is 0. The molecule has 0 spiro atoms. The molecule has 2 heterocycles. The van der Waals surface area contributed by atoms with E-state index < -0.39 is 0 Å². The maximum Gasteiger partial charge on any atom is 0.225 e. The first-order chi connectivity index (χ1) is 10.7. The molecular formula is C19H28N2O. The van der Waals surface area contributed by atoms with Crippen LogP contribution in [0.2, 0.25) is 0 Å². The van der Waals surface area contributed by atoms with Crippen molar-refractivity contribution < 1.29 is 4.79 Å². The number of aryl methyl sites for hydroxylation is 1. The Hall–Kier alpha value is -1.51. The van der Waals surface area contributed by atoms with E-state index in [1.165, 1.54) is 36.9 Å². The van der Waals surface area contributed by atoms with Gasteiger partial charge in [-0.15, -0.1) is 0 Å². The third kappa shape index (κ3) is 3.63. The standard InChI is InChI=1S/C19H28N2O/c1-16-7-6-8-18(15-16)20-13-9-17(10-14-20)19(22)21-11-4-2-3-5-12-21/h6-8,15,17H,2-5,9-14H2,1H3. The van der Waals surface area contributed by atoms with E-state index in [0.29, 0.717) is 5.91 Å². The molecular weight excluding hydrogens is 272 g/mol. The van der Waals surface area contributed by atoms with E-state index in [4.69, 9.17) is 0 Å². The summed E-state index contributed by atoms with van der Waals surface area (Å²) >= 11 is 0. The molecule has 2 saturated heterocycles. The summed E-state index contributed by atoms with van der Waals surface area (Å²) < 4.78 is 0. The van der Waals surface area contributed by atoms with Gasteiger partial charge in [0.1, 0.15) is 0 Å². The Balaban J connectivity index is 1.55. The van der Waals surface area contributed by atoms with Crippen LogP contribution >= 0.6 is 0 Å². The van der Waals surface area contributed by atoms with Gasteiger partial charge >= 0.3 is 0 Å². The largest absolute Gasteiger partial charge is 0.371 e. The van der Waals surface area contributed by atoms with E-state index in [1.807, 2.05) is 0 Å². The number of carbonyl (C=O) groups is 1. The van der Waals surface area contributed by atoms with Gasteiger partial charge in [0, 0.05) is 37.8 Å². The normalized spacial score (nSPS) is 20.8. The molecule has 0 bridgehead atoms. The van der Waals surface area contributed by atoms with E-state index in [1.54, 1.807) is 0 Å². The van der Waals surface area contributed by atoms with Gasteiger partial charge < -0.3 is 9.80 Å². The van der Waals surface area contributed by atoms with Gasteiger partial charge in [-0.25, -0.2) is 0 Å². The molecule has 0 radical (unpaired) electrons. The van der Waals surface area contributed by atoms with Crippen molar-refractivity contribution in [2.45, 2.75) is 45.4 Å². The van der Waals surface area contributed by atoms with Gasteiger partial charge in [-0.1, -0.05) is 25.0 Å². The van der Waals surface area contributed by atoms with Crippen molar-refractivity contribution in [1.82, 2.24) is 4.90 Å². The van der Waals surface area contributed by atoms with Crippen LogP contribution in [0.1, 0.15) is 44.1 Å². The monoisotopic (exact) mass is 300 g/mol. The zero-order valence-corrected chi connectivity index (χ0v) is 13.8. The summed E-state index contributed by atoms with van der Waals surface area (Å²) in [5.74, 6) is 0.671.